The molecule has 2 saturated heterocycles. The second-order valence-electron chi connectivity index (χ2n) is 10.0. The van der Waals surface area contributed by atoms with E-state index in [1.807, 2.05) is 0 Å². The lowest BCUT2D eigenvalue weighted by atomic mass is 9.96. The van der Waals surface area contributed by atoms with Gasteiger partial charge in [0.15, 0.2) is 6.23 Å². The molecular formula is C25H31ClN3O12P. The van der Waals surface area contributed by atoms with E-state index in [0.29, 0.717) is 17.0 Å². The van der Waals surface area contributed by atoms with Gasteiger partial charge in [0.1, 0.15) is 23.6 Å². The average Bonchev–Trinajstić information content (AvgIpc) is 3.15. The van der Waals surface area contributed by atoms with E-state index >= 15 is 0 Å². The molecule has 0 bridgehead atoms. The van der Waals surface area contributed by atoms with E-state index in [2.05, 4.69) is 10.3 Å². The first-order chi connectivity index (χ1) is 19.8. The molecule has 2 fully saturated rings. The zero-order chi connectivity index (χ0) is 30.7. The normalized spacial score (nSPS) is 29.3. The Balaban J connectivity index is 1.37. The molecular weight excluding hydrogens is 601 g/mol. The molecule has 1 aromatic carbocycles. The molecule has 1 amide bonds. The molecule has 3 N–H and O–H groups in total. The predicted molar refractivity (Wildman–Crippen MR) is 144 cm³/mol. The second kappa shape index (κ2) is 13.2. The molecule has 230 valence electrons. The summed E-state index contributed by atoms with van der Waals surface area (Å²) in [7, 11) is -4.09. The number of rotatable bonds is 9. The molecule has 2 aliphatic heterocycles. The summed E-state index contributed by atoms with van der Waals surface area (Å²) in [6, 6.07) is 8.07. The summed E-state index contributed by atoms with van der Waals surface area (Å²) in [6.45, 7) is 3.39. The lowest BCUT2D eigenvalue weighted by Crippen LogP contribution is -2.46. The van der Waals surface area contributed by atoms with E-state index < -0.39 is 75.0 Å². The van der Waals surface area contributed by atoms with Crippen molar-refractivity contribution < 1.29 is 52.1 Å². The number of nitrogens with one attached hydrogen (secondary N) is 1. The highest BCUT2D eigenvalue weighted by Crippen LogP contribution is 2.57. The minimum Gasteiger partial charge on any atom is -0.428 e. The number of aromatic nitrogens is 2. The minimum atomic E-state index is -4.09. The van der Waals surface area contributed by atoms with E-state index in [-0.39, 0.29) is 12.4 Å². The summed E-state index contributed by atoms with van der Waals surface area (Å²) in [5.41, 5.74) is -2.28. The highest BCUT2D eigenvalue weighted by molar-refractivity contribution is 7.48. The highest BCUT2D eigenvalue weighted by atomic mass is 35.5. The van der Waals surface area contributed by atoms with Crippen LogP contribution in [0, 0.1) is 5.92 Å². The van der Waals surface area contributed by atoms with Gasteiger partial charge < -0.3 is 24.4 Å². The number of phosphoric acid groups is 1. The Kier molecular flexibility index (Phi) is 10.1. The molecule has 0 spiro atoms. The van der Waals surface area contributed by atoms with Gasteiger partial charge >= 0.3 is 25.6 Å². The van der Waals surface area contributed by atoms with Crippen LogP contribution in [-0.2, 0) is 37.1 Å². The molecule has 0 radical (unpaired) electrons. The molecule has 4 rings (SSSR count). The SMILES string of the molecule is CC(C)C(=O)OCOC(=O)Nc1ccn([C@@H]2O[C@H](COP3(=O)OCC[C@@H](c4cccc(Cl)c4)O3)[C@@H](O)[C@@]2(C)O)c(=O)n1. The van der Waals surface area contributed by atoms with Gasteiger partial charge in [-0.25, -0.2) is 14.2 Å². The maximum Gasteiger partial charge on any atom is 0.475 e. The van der Waals surface area contributed by atoms with Crippen molar-refractivity contribution in [3.05, 3.63) is 57.6 Å². The van der Waals surface area contributed by atoms with E-state index in [4.69, 9.17) is 39.4 Å². The fourth-order valence-corrected chi connectivity index (χ4v) is 5.76. The van der Waals surface area contributed by atoms with Gasteiger partial charge in [0.05, 0.1) is 25.2 Å². The lowest BCUT2D eigenvalue weighted by Gasteiger charge is -2.30. The molecule has 1 unspecified atom stereocenters. The number of ether oxygens (including phenoxy) is 3. The Labute approximate surface area is 245 Å². The summed E-state index contributed by atoms with van der Waals surface area (Å²) in [5, 5.41) is 24.4. The van der Waals surface area contributed by atoms with Crippen LogP contribution in [0.5, 0.6) is 0 Å². The van der Waals surface area contributed by atoms with E-state index in [9.17, 15) is 29.2 Å². The van der Waals surface area contributed by atoms with Crippen molar-refractivity contribution in [2.24, 2.45) is 5.92 Å². The molecule has 42 heavy (non-hydrogen) atoms. The molecule has 2 aromatic rings. The number of benzene rings is 1. The van der Waals surface area contributed by atoms with Crippen molar-refractivity contribution in [1.82, 2.24) is 9.55 Å². The lowest BCUT2D eigenvalue weighted by molar-refractivity contribution is -0.155. The fourth-order valence-electron chi connectivity index (χ4n) is 4.16. The number of hydrogen-bond acceptors (Lipinski definition) is 13. The number of aliphatic hydroxyl groups excluding tert-OH is 1. The fraction of sp³-hybridized carbons (Fsp3) is 0.520. The second-order valence-corrected chi connectivity index (χ2v) is 12.1. The van der Waals surface area contributed by atoms with Crippen LogP contribution in [0.4, 0.5) is 10.6 Å². The summed E-state index contributed by atoms with van der Waals surface area (Å²) in [5.74, 6) is -1.17. The molecule has 0 saturated carbocycles. The maximum atomic E-state index is 13.2. The van der Waals surface area contributed by atoms with Crippen LogP contribution in [0.15, 0.2) is 41.3 Å². The van der Waals surface area contributed by atoms with Crippen LogP contribution in [0.25, 0.3) is 0 Å². The number of halogens is 1. The standard InChI is InChI=1S/C25H31ClN3O12P/c1-14(2)21(31)36-13-37-24(33)28-19-7-9-29(23(32)27-19)22-25(3,34)20(30)18(40-22)12-39-42(35)38-10-8-17(41-42)15-5-4-6-16(26)11-15/h4-7,9,11,14,17-18,20,22,30,34H,8,10,12-13H2,1-3H3,(H,27,28,32,33)/t17-,18+,20+,22+,25+,42?/m0/s1. The van der Waals surface area contributed by atoms with E-state index in [1.165, 1.54) is 19.2 Å². The molecule has 15 nitrogen and oxygen atoms in total. The quantitative estimate of drug-likeness (QED) is 0.208. The average molecular weight is 632 g/mol. The topological polar surface area (TPSA) is 194 Å². The van der Waals surface area contributed by atoms with Crippen molar-refractivity contribution in [2.75, 3.05) is 25.3 Å². The van der Waals surface area contributed by atoms with Gasteiger partial charge in [0.2, 0.25) is 6.79 Å². The monoisotopic (exact) mass is 631 g/mol. The largest absolute Gasteiger partial charge is 0.475 e. The Morgan fingerprint density at radius 1 is 1.31 bits per heavy atom. The van der Waals surface area contributed by atoms with Crippen molar-refractivity contribution in [1.29, 1.82) is 0 Å². The number of anilines is 1. The number of esters is 1. The van der Waals surface area contributed by atoms with Gasteiger partial charge in [0, 0.05) is 17.6 Å². The Hall–Kier alpha value is -2.88. The number of nitrogens with zero attached hydrogens (tertiary/aromatic N) is 2. The highest BCUT2D eigenvalue weighted by Gasteiger charge is 2.54. The zero-order valence-corrected chi connectivity index (χ0v) is 24.5. The Morgan fingerprint density at radius 3 is 2.76 bits per heavy atom. The van der Waals surface area contributed by atoms with Crippen molar-refractivity contribution >= 4 is 37.3 Å². The zero-order valence-electron chi connectivity index (χ0n) is 22.9. The van der Waals surface area contributed by atoms with E-state index in [1.54, 1.807) is 38.1 Å². The van der Waals surface area contributed by atoms with Crippen LogP contribution >= 0.6 is 19.4 Å². The van der Waals surface area contributed by atoms with Crippen molar-refractivity contribution in [3.63, 3.8) is 0 Å². The number of carbonyl (C=O) groups is 2. The summed E-state index contributed by atoms with van der Waals surface area (Å²) in [6.07, 6.45) is -4.35. The van der Waals surface area contributed by atoms with Gasteiger partial charge in [-0.2, -0.15) is 4.98 Å². The Bertz CT molecular complexity index is 1400. The van der Waals surface area contributed by atoms with Crippen molar-refractivity contribution in [3.8, 4) is 0 Å². The molecule has 2 aliphatic rings. The van der Waals surface area contributed by atoms with Crippen molar-refractivity contribution in [2.45, 2.75) is 57.3 Å². The first-order valence-corrected chi connectivity index (χ1v) is 14.7. The third-order valence-corrected chi connectivity index (χ3v) is 8.15. The summed E-state index contributed by atoms with van der Waals surface area (Å²) < 4.78 is 45.5. The van der Waals surface area contributed by atoms with E-state index in [0.717, 1.165) is 4.57 Å². The van der Waals surface area contributed by atoms with Gasteiger partial charge in [-0.15, -0.1) is 0 Å². The number of amides is 1. The number of aliphatic hydroxyl groups is 2. The molecule has 17 heteroatoms. The number of carbonyl (C=O) groups excluding carboxylic acids is 2. The molecule has 1 aromatic heterocycles. The number of hydrogen-bond donors (Lipinski definition) is 3. The smallest absolute Gasteiger partial charge is 0.428 e. The first kappa shape index (κ1) is 32.0. The van der Waals surface area contributed by atoms with Gasteiger partial charge in [-0.1, -0.05) is 37.6 Å². The summed E-state index contributed by atoms with van der Waals surface area (Å²) >= 11 is 6.04. The first-order valence-electron chi connectivity index (χ1n) is 12.9. The van der Waals surface area contributed by atoms with Gasteiger partial charge in [-0.3, -0.25) is 28.2 Å². The third-order valence-electron chi connectivity index (χ3n) is 6.43. The Morgan fingerprint density at radius 2 is 2.07 bits per heavy atom. The van der Waals surface area contributed by atoms with Crippen LogP contribution in [0.1, 0.15) is 45.1 Å². The molecule has 6 atom stereocenters. The summed E-state index contributed by atoms with van der Waals surface area (Å²) in [4.78, 5) is 39.8. The van der Waals surface area contributed by atoms with Crippen LogP contribution in [0.2, 0.25) is 5.02 Å². The minimum absolute atomic E-state index is 0.0704. The molecule has 3 heterocycles. The third kappa shape index (κ3) is 7.54. The van der Waals surface area contributed by atoms with Crippen LogP contribution in [0.3, 0.4) is 0 Å². The van der Waals surface area contributed by atoms with Gasteiger partial charge in [0.25, 0.3) is 0 Å². The number of phosphoric ester groups is 1. The van der Waals surface area contributed by atoms with Crippen LogP contribution in [-0.4, -0.2) is 69.6 Å². The van der Waals surface area contributed by atoms with Gasteiger partial charge in [-0.05, 0) is 30.7 Å². The van der Waals surface area contributed by atoms with Crippen LogP contribution < -0.4 is 11.0 Å². The predicted octanol–water partition coefficient (Wildman–Crippen LogP) is 2.91. The maximum absolute atomic E-state index is 13.2. The molecule has 0 aliphatic carbocycles.